The molecule has 0 bridgehead atoms. The van der Waals surface area contributed by atoms with E-state index < -0.39 is 97.5 Å². The fourth-order valence-corrected chi connectivity index (χ4v) is 13.2. The monoisotopic (exact) mass is 1430 g/mol. The molecule has 0 amide bonds. The van der Waals surface area contributed by atoms with Gasteiger partial charge in [0, 0.05) is 25.7 Å². The number of ether oxygens (including phenoxy) is 4. The zero-order valence-corrected chi connectivity index (χ0v) is 65.4. The van der Waals surface area contributed by atoms with Crippen molar-refractivity contribution in [3.8, 4) is 0 Å². The first kappa shape index (κ1) is 95.5. The highest BCUT2D eigenvalue weighted by atomic mass is 31.2. The summed E-state index contributed by atoms with van der Waals surface area (Å²) in [6.45, 7) is 9.49. The predicted octanol–water partition coefficient (Wildman–Crippen LogP) is 23.1. The summed E-state index contributed by atoms with van der Waals surface area (Å²) in [4.78, 5) is 72.9. The molecule has 3 N–H and O–H groups in total. The molecule has 0 aliphatic carbocycles. The van der Waals surface area contributed by atoms with Gasteiger partial charge in [-0.15, -0.1) is 0 Å². The molecule has 0 spiro atoms. The quantitative estimate of drug-likeness (QED) is 0.0169. The standard InChI is InChI=1S/C79H150O17P2/c1-7-9-11-13-15-17-19-21-23-24-26-30-34-38-42-49-55-61-76(81)89-67-74(95-78(83)63-58-52-44-40-36-32-28-27-29-33-37-41-47-53-59-71(3)4)69-93-97(85,86)91-65-73(80)66-92-98(87,88)94-70-75(68-90-77(82)62-56-50-46-45-48-54-60-72(5)6)96-79(84)64-57-51-43-39-35-31-25-22-20-18-16-14-12-10-8-2/h18,20,22,25,71-75,80H,7-17,19,21,23-24,26-70H2,1-6H3,(H,85,86)(H,87,88)/b20-18-,25-22-/t73-,74-,75-/m1/s1. The lowest BCUT2D eigenvalue weighted by molar-refractivity contribution is -0.161. The molecule has 0 saturated heterocycles. The summed E-state index contributed by atoms with van der Waals surface area (Å²) < 4.78 is 68.6. The van der Waals surface area contributed by atoms with Gasteiger partial charge in [0.1, 0.15) is 19.3 Å². The van der Waals surface area contributed by atoms with E-state index in [2.05, 4.69) is 65.8 Å². The van der Waals surface area contributed by atoms with Gasteiger partial charge >= 0.3 is 39.5 Å². The number of hydrogen-bond donors (Lipinski definition) is 3. The third-order valence-corrected chi connectivity index (χ3v) is 19.7. The minimum absolute atomic E-state index is 0.0841. The average Bonchev–Trinajstić information content (AvgIpc) is 0.949. The average molecular weight is 1430 g/mol. The molecule has 0 fully saturated rings. The first-order valence-corrected chi connectivity index (χ1v) is 43.3. The van der Waals surface area contributed by atoms with E-state index in [1.807, 2.05) is 0 Å². The maximum absolute atomic E-state index is 13.1. The summed E-state index contributed by atoms with van der Waals surface area (Å²) in [7, 11) is -9.93. The Morgan fingerprint density at radius 2 is 0.551 bits per heavy atom. The SMILES string of the molecule is CCCCCC/C=C\C=C/CCCCCCCC(=O)O[C@H](COC(=O)CCCCCCCCC(C)C)COP(=O)(O)OC[C@H](O)COP(=O)(O)OC[C@@H](COC(=O)CCCCCCCCCCCCCCCCCCC)OC(=O)CCCCCCCCCCCCCCCCC(C)C. The predicted molar refractivity (Wildman–Crippen MR) is 400 cm³/mol. The lowest BCUT2D eigenvalue weighted by atomic mass is 10.0. The molecule has 17 nitrogen and oxygen atoms in total. The summed E-state index contributed by atoms with van der Waals surface area (Å²) in [5, 5.41) is 10.6. The maximum atomic E-state index is 13.1. The zero-order chi connectivity index (χ0) is 72.1. The molecule has 578 valence electrons. The van der Waals surface area contributed by atoms with Crippen LogP contribution in [-0.2, 0) is 65.4 Å². The van der Waals surface area contributed by atoms with Crippen molar-refractivity contribution in [1.29, 1.82) is 0 Å². The van der Waals surface area contributed by atoms with E-state index in [1.54, 1.807) is 0 Å². The van der Waals surface area contributed by atoms with Crippen molar-refractivity contribution in [3.63, 3.8) is 0 Å². The molecule has 0 rings (SSSR count). The van der Waals surface area contributed by atoms with Gasteiger partial charge in [-0.3, -0.25) is 37.3 Å². The number of aliphatic hydroxyl groups excluding tert-OH is 1. The van der Waals surface area contributed by atoms with Crippen LogP contribution in [-0.4, -0.2) is 96.7 Å². The summed E-state index contributed by atoms with van der Waals surface area (Å²) in [5.74, 6) is -0.674. The molecule has 0 aliphatic rings. The molecule has 19 heteroatoms. The first-order valence-electron chi connectivity index (χ1n) is 40.3. The molecule has 0 saturated carbocycles. The number of rotatable bonds is 76. The van der Waals surface area contributed by atoms with Crippen molar-refractivity contribution in [2.45, 2.75) is 407 Å². The van der Waals surface area contributed by atoms with Crippen LogP contribution in [0.4, 0.5) is 0 Å². The Kier molecular flexibility index (Phi) is 68.5. The number of unbranched alkanes of at least 4 members (excludes halogenated alkanes) is 43. The fourth-order valence-electron chi connectivity index (χ4n) is 11.6. The van der Waals surface area contributed by atoms with Crippen LogP contribution < -0.4 is 0 Å². The summed E-state index contributed by atoms with van der Waals surface area (Å²) in [6.07, 6.45) is 62.0. The van der Waals surface area contributed by atoms with Gasteiger partial charge in [0.15, 0.2) is 12.2 Å². The minimum atomic E-state index is -4.96. The molecular weight excluding hydrogens is 1280 g/mol. The number of carbonyl (C=O) groups is 4. The van der Waals surface area contributed by atoms with Gasteiger partial charge in [0.25, 0.3) is 0 Å². The number of esters is 4. The number of carbonyl (C=O) groups excluding carboxylic acids is 4. The molecule has 0 aliphatic heterocycles. The highest BCUT2D eigenvalue weighted by Crippen LogP contribution is 2.45. The van der Waals surface area contributed by atoms with Gasteiger partial charge in [-0.1, -0.05) is 336 Å². The molecule has 5 atom stereocenters. The van der Waals surface area contributed by atoms with E-state index in [0.29, 0.717) is 31.6 Å². The minimum Gasteiger partial charge on any atom is -0.462 e. The van der Waals surface area contributed by atoms with Crippen LogP contribution >= 0.6 is 15.6 Å². The number of phosphoric ester groups is 2. The lowest BCUT2D eigenvalue weighted by Gasteiger charge is -2.21. The number of hydrogen-bond acceptors (Lipinski definition) is 15. The zero-order valence-electron chi connectivity index (χ0n) is 63.6. The Morgan fingerprint density at radius 3 is 0.837 bits per heavy atom. The highest BCUT2D eigenvalue weighted by molar-refractivity contribution is 7.47. The Morgan fingerprint density at radius 1 is 0.316 bits per heavy atom. The van der Waals surface area contributed by atoms with Gasteiger partial charge in [-0.25, -0.2) is 9.13 Å². The van der Waals surface area contributed by atoms with Gasteiger partial charge in [0.05, 0.1) is 26.4 Å². The number of aliphatic hydroxyl groups is 1. The van der Waals surface area contributed by atoms with Crippen molar-refractivity contribution >= 4 is 39.5 Å². The third-order valence-electron chi connectivity index (χ3n) is 17.8. The molecule has 0 aromatic rings. The van der Waals surface area contributed by atoms with Crippen LogP contribution in [0.15, 0.2) is 24.3 Å². The molecule has 0 aromatic heterocycles. The summed E-state index contributed by atoms with van der Waals surface area (Å²) in [5.41, 5.74) is 0. The second-order valence-electron chi connectivity index (χ2n) is 28.7. The topological polar surface area (TPSA) is 237 Å². The van der Waals surface area contributed by atoms with Crippen molar-refractivity contribution in [1.82, 2.24) is 0 Å². The van der Waals surface area contributed by atoms with E-state index in [-0.39, 0.29) is 25.7 Å². The molecule has 0 aromatic carbocycles. The second kappa shape index (κ2) is 70.2. The van der Waals surface area contributed by atoms with Crippen LogP contribution in [0.2, 0.25) is 0 Å². The lowest BCUT2D eigenvalue weighted by Crippen LogP contribution is -2.30. The molecule has 98 heavy (non-hydrogen) atoms. The van der Waals surface area contributed by atoms with Crippen molar-refractivity contribution in [3.05, 3.63) is 24.3 Å². The van der Waals surface area contributed by atoms with E-state index in [1.165, 1.54) is 186 Å². The van der Waals surface area contributed by atoms with E-state index >= 15 is 0 Å². The van der Waals surface area contributed by atoms with Gasteiger partial charge in [-0.2, -0.15) is 0 Å². The molecular formula is C79H150O17P2. The van der Waals surface area contributed by atoms with Crippen LogP contribution in [0.25, 0.3) is 0 Å². The van der Waals surface area contributed by atoms with Gasteiger partial charge in [-0.05, 0) is 63.2 Å². The smallest absolute Gasteiger partial charge is 0.462 e. The Hall–Kier alpha value is -2.46. The van der Waals surface area contributed by atoms with Crippen LogP contribution in [0, 0.1) is 11.8 Å². The molecule has 0 radical (unpaired) electrons. The molecule has 0 heterocycles. The number of allylic oxidation sites excluding steroid dienone is 4. The third kappa shape index (κ3) is 71.9. The van der Waals surface area contributed by atoms with Crippen molar-refractivity contribution in [2.75, 3.05) is 39.6 Å². The van der Waals surface area contributed by atoms with E-state index in [9.17, 15) is 43.2 Å². The number of phosphoric acid groups is 2. The fraction of sp³-hybridized carbons (Fsp3) is 0.899. The maximum Gasteiger partial charge on any atom is 0.472 e. The largest absolute Gasteiger partial charge is 0.472 e. The molecule has 2 unspecified atom stereocenters. The second-order valence-corrected chi connectivity index (χ2v) is 31.6. The summed E-state index contributed by atoms with van der Waals surface area (Å²) >= 11 is 0. The van der Waals surface area contributed by atoms with Crippen LogP contribution in [0.3, 0.4) is 0 Å². The Balaban J connectivity index is 5.26. The van der Waals surface area contributed by atoms with E-state index in [0.717, 1.165) is 115 Å². The van der Waals surface area contributed by atoms with Crippen LogP contribution in [0.1, 0.15) is 388 Å². The first-order chi connectivity index (χ1) is 47.4. The van der Waals surface area contributed by atoms with Crippen LogP contribution in [0.5, 0.6) is 0 Å². The normalized spacial score (nSPS) is 14.1. The van der Waals surface area contributed by atoms with Crippen molar-refractivity contribution < 1.29 is 80.2 Å². The van der Waals surface area contributed by atoms with Crippen molar-refractivity contribution in [2.24, 2.45) is 11.8 Å². The van der Waals surface area contributed by atoms with Gasteiger partial charge < -0.3 is 33.8 Å². The van der Waals surface area contributed by atoms with Gasteiger partial charge in [0.2, 0.25) is 0 Å². The summed E-state index contributed by atoms with van der Waals surface area (Å²) in [6, 6.07) is 0. The van der Waals surface area contributed by atoms with E-state index in [4.69, 9.17) is 37.0 Å². The Labute approximate surface area is 599 Å². The Bertz CT molecular complexity index is 1980. The highest BCUT2D eigenvalue weighted by Gasteiger charge is 2.30.